The minimum Gasteiger partial charge on any atom is -0.328 e. The molecule has 2 rings (SSSR count). The minimum atomic E-state index is 0.411. The summed E-state index contributed by atoms with van der Waals surface area (Å²) in [6.45, 7) is 2.17. The first-order valence-electron chi connectivity index (χ1n) is 6.29. The smallest absolute Gasteiger partial charge is 0.0135 e. The van der Waals surface area contributed by atoms with Crippen LogP contribution >= 0.6 is 11.8 Å². The average molecular weight is 235 g/mol. The number of benzene rings is 1. The maximum Gasteiger partial charge on any atom is 0.0135 e. The maximum atomic E-state index is 5.94. The van der Waals surface area contributed by atoms with Crippen LogP contribution in [0.15, 0.2) is 29.2 Å². The van der Waals surface area contributed by atoms with E-state index in [2.05, 4.69) is 43.0 Å². The van der Waals surface area contributed by atoms with Crippen molar-refractivity contribution in [3.63, 3.8) is 0 Å². The molecule has 2 heteroatoms. The fraction of sp³-hybridized carbons (Fsp3) is 0.571. The molecular weight excluding hydrogens is 214 g/mol. The van der Waals surface area contributed by atoms with Gasteiger partial charge in [-0.2, -0.15) is 0 Å². The third-order valence-electron chi connectivity index (χ3n) is 3.34. The van der Waals surface area contributed by atoms with Crippen molar-refractivity contribution in [1.82, 2.24) is 0 Å². The molecule has 1 aromatic carbocycles. The third-order valence-corrected chi connectivity index (χ3v) is 4.73. The van der Waals surface area contributed by atoms with Crippen LogP contribution in [0.3, 0.4) is 0 Å². The third kappa shape index (κ3) is 3.02. The number of hydrogen-bond donors (Lipinski definition) is 1. The van der Waals surface area contributed by atoms with Crippen LogP contribution in [-0.4, -0.2) is 11.3 Å². The highest BCUT2D eigenvalue weighted by Gasteiger charge is 2.21. The van der Waals surface area contributed by atoms with Gasteiger partial charge in [0.2, 0.25) is 0 Å². The molecule has 1 aliphatic rings. The molecule has 0 spiro atoms. The standard InChI is InChI=1S/C14H21NS/c1-2-12(15)7-5-8-13-10-11-6-3-4-9-14(11)16-13/h3-4,6,9,12-13H,2,5,7-8,10,15H2,1H3. The van der Waals surface area contributed by atoms with E-state index in [9.17, 15) is 0 Å². The van der Waals surface area contributed by atoms with Crippen molar-refractivity contribution in [2.75, 3.05) is 0 Å². The van der Waals surface area contributed by atoms with Crippen molar-refractivity contribution >= 4 is 11.8 Å². The van der Waals surface area contributed by atoms with E-state index in [4.69, 9.17) is 5.73 Å². The Balaban J connectivity index is 1.75. The van der Waals surface area contributed by atoms with Crippen molar-refractivity contribution in [2.45, 2.75) is 55.2 Å². The molecule has 0 aliphatic carbocycles. The van der Waals surface area contributed by atoms with Gasteiger partial charge < -0.3 is 5.73 Å². The van der Waals surface area contributed by atoms with Gasteiger partial charge in [-0.3, -0.25) is 0 Å². The molecule has 1 heterocycles. The van der Waals surface area contributed by atoms with Gasteiger partial charge in [0.25, 0.3) is 0 Å². The van der Waals surface area contributed by atoms with Gasteiger partial charge in [-0.15, -0.1) is 11.8 Å². The Kier molecular flexibility index (Phi) is 4.30. The lowest BCUT2D eigenvalue weighted by atomic mass is 10.0. The first kappa shape index (κ1) is 12.0. The largest absolute Gasteiger partial charge is 0.328 e. The Bertz CT molecular complexity index is 312. The molecule has 0 saturated heterocycles. The van der Waals surface area contributed by atoms with Gasteiger partial charge in [0.05, 0.1) is 0 Å². The summed E-state index contributed by atoms with van der Waals surface area (Å²) in [5.74, 6) is 0. The van der Waals surface area contributed by atoms with Crippen LogP contribution in [0.2, 0.25) is 0 Å². The fourth-order valence-corrected chi connectivity index (χ4v) is 3.59. The van der Waals surface area contributed by atoms with Gasteiger partial charge in [0, 0.05) is 16.2 Å². The second-order valence-electron chi connectivity index (χ2n) is 4.65. The molecule has 2 unspecified atom stereocenters. The lowest BCUT2D eigenvalue weighted by Crippen LogP contribution is -2.18. The Morgan fingerprint density at radius 3 is 3.00 bits per heavy atom. The van der Waals surface area contributed by atoms with Gasteiger partial charge in [-0.1, -0.05) is 31.5 Å². The molecule has 1 aromatic rings. The fourth-order valence-electron chi connectivity index (χ4n) is 2.23. The first-order chi connectivity index (χ1) is 7.79. The second-order valence-corrected chi connectivity index (χ2v) is 5.99. The zero-order valence-corrected chi connectivity index (χ0v) is 10.8. The van der Waals surface area contributed by atoms with E-state index in [-0.39, 0.29) is 0 Å². The van der Waals surface area contributed by atoms with Crippen LogP contribution in [0, 0.1) is 0 Å². The molecule has 0 fully saturated rings. The van der Waals surface area contributed by atoms with Gasteiger partial charge in [-0.05, 0) is 37.3 Å². The summed E-state index contributed by atoms with van der Waals surface area (Å²) in [5, 5.41) is 0.793. The van der Waals surface area contributed by atoms with Crippen molar-refractivity contribution < 1.29 is 0 Å². The zero-order chi connectivity index (χ0) is 11.4. The SMILES string of the molecule is CCC(N)CCCC1Cc2ccccc2S1. The van der Waals surface area contributed by atoms with Gasteiger partial charge in [0.15, 0.2) is 0 Å². The van der Waals surface area contributed by atoms with Crippen molar-refractivity contribution in [3.05, 3.63) is 29.8 Å². The minimum absolute atomic E-state index is 0.411. The number of rotatable bonds is 5. The summed E-state index contributed by atoms with van der Waals surface area (Å²) >= 11 is 2.05. The first-order valence-corrected chi connectivity index (χ1v) is 7.17. The molecule has 2 atom stereocenters. The Morgan fingerprint density at radius 1 is 1.44 bits per heavy atom. The summed E-state index contributed by atoms with van der Waals surface area (Å²) in [7, 11) is 0. The van der Waals surface area contributed by atoms with Crippen LogP contribution in [-0.2, 0) is 6.42 Å². The number of nitrogens with two attached hydrogens (primary N) is 1. The highest BCUT2D eigenvalue weighted by atomic mass is 32.2. The quantitative estimate of drug-likeness (QED) is 0.843. The maximum absolute atomic E-state index is 5.94. The van der Waals surface area contributed by atoms with E-state index < -0.39 is 0 Å². The molecule has 88 valence electrons. The normalized spacial score (nSPS) is 20.8. The molecule has 0 radical (unpaired) electrons. The zero-order valence-electron chi connectivity index (χ0n) is 9.99. The predicted molar refractivity (Wildman–Crippen MR) is 71.9 cm³/mol. The van der Waals surface area contributed by atoms with Crippen molar-refractivity contribution in [1.29, 1.82) is 0 Å². The summed E-state index contributed by atoms with van der Waals surface area (Å²) in [4.78, 5) is 1.49. The Hall–Kier alpha value is -0.470. The second kappa shape index (κ2) is 5.74. The van der Waals surface area contributed by atoms with E-state index >= 15 is 0 Å². The Morgan fingerprint density at radius 2 is 2.25 bits per heavy atom. The van der Waals surface area contributed by atoms with Crippen LogP contribution in [0.1, 0.15) is 38.2 Å². The number of fused-ring (bicyclic) bond motifs is 1. The molecule has 0 amide bonds. The van der Waals surface area contributed by atoms with Gasteiger partial charge in [-0.25, -0.2) is 0 Å². The molecule has 2 N–H and O–H groups in total. The lowest BCUT2D eigenvalue weighted by Gasteiger charge is -2.11. The van der Waals surface area contributed by atoms with Crippen LogP contribution in [0.4, 0.5) is 0 Å². The van der Waals surface area contributed by atoms with Gasteiger partial charge in [0.1, 0.15) is 0 Å². The monoisotopic (exact) mass is 235 g/mol. The molecule has 0 bridgehead atoms. The topological polar surface area (TPSA) is 26.0 Å². The van der Waals surface area contributed by atoms with Crippen LogP contribution < -0.4 is 5.73 Å². The summed E-state index contributed by atoms with van der Waals surface area (Å²) in [6.07, 6.45) is 6.14. The van der Waals surface area contributed by atoms with Crippen molar-refractivity contribution in [3.8, 4) is 0 Å². The van der Waals surface area contributed by atoms with E-state index in [0.29, 0.717) is 6.04 Å². The molecule has 0 saturated carbocycles. The van der Waals surface area contributed by atoms with E-state index in [1.165, 1.54) is 36.1 Å². The van der Waals surface area contributed by atoms with E-state index in [1.807, 2.05) is 0 Å². The van der Waals surface area contributed by atoms with Crippen LogP contribution in [0.25, 0.3) is 0 Å². The predicted octanol–water partition coefficient (Wildman–Crippen LogP) is 3.61. The molecular formula is C14H21NS. The van der Waals surface area contributed by atoms with Crippen LogP contribution in [0.5, 0.6) is 0 Å². The molecule has 16 heavy (non-hydrogen) atoms. The Labute approximate surface area is 103 Å². The highest BCUT2D eigenvalue weighted by Crippen LogP contribution is 2.38. The summed E-state index contributed by atoms with van der Waals surface area (Å²) in [5.41, 5.74) is 7.47. The van der Waals surface area contributed by atoms with E-state index in [0.717, 1.165) is 11.7 Å². The summed E-state index contributed by atoms with van der Waals surface area (Å²) in [6, 6.07) is 9.21. The molecule has 0 aromatic heterocycles. The molecule has 1 aliphatic heterocycles. The van der Waals surface area contributed by atoms with E-state index in [1.54, 1.807) is 0 Å². The summed E-state index contributed by atoms with van der Waals surface area (Å²) < 4.78 is 0. The average Bonchev–Trinajstić information content (AvgIpc) is 2.71. The lowest BCUT2D eigenvalue weighted by molar-refractivity contribution is 0.546. The molecule has 1 nitrogen and oxygen atoms in total. The van der Waals surface area contributed by atoms with Gasteiger partial charge >= 0.3 is 0 Å². The van der Waals surface area contributed by atoms with Crippen molar-refractivity contribution in [2.24, 2.45) is 5.73 Å². The number of thioether (sulfide) groups is 1. The number of hydrogen-bond acceptors (Lipinski definition) is 2. The highest BCUT2D eigenvalue weighted by molar-refractivity contribution is 8.00.